The van der Waals surface area contributed by atoms with Crippen molar-refractivity contribution < 1.29 is 14.3 Å². The van der Waals surface area contributed by atoms with E-state index < -0.39 is 0 Å². The van der Waals surface area contributed by atoms with Crippen molar-refractivity contribution in [2.24, 2.45) is 23.2 Å². The standard InChI is InChI=1S/C21H33NO3/c1-13-6-5-7-21(4)9-19-16(8-18(13)21)17(20(23)25-19)12-22-10-14(2)24-15(3)11-22/h8,13-17,19H,5-7,9-12H2,1-4H3/t13-,14?,15?,16+,17?,19+,21+/m0/s1. The van der Waals surface area contributed by atoms with Gasteiger partial charge >= 0.3 is 5.97 Å². The van der Waals surface area contributed by atoms with Crippen molar-refractivity contribution in [1.29, 1.82) is 0 Å². The van der Waals surface area contributed by atoms with Crippen molar-refractivity contribution >= 4 is 5.97 Å². The van der Waals surface area contributed by atoms with Crippen molar-refractivity contribution in [3.8, 4) is 0 Å². The first-order chi connectivity index (χ1) is 11.9. The Balaban J connectivity index is 1.55. The van der Waals surface area contributed by atoms with E-state index in [9.17, 15) is 4.79 Å². The summed E-state index contributed by atoms with van der Waals surface area (Å²) in [4.78, 5) is 15.1. The van der Waals surface area contributed by atoms with Gasteiger partial charge < -0.3 is 9.47 Å². The minimum Gasteiger partial charge on any atom is -0.461 e. The first-order valence-corrected chi connectivity index (χ1v) is 10.2. The second-order valence-electron chi connectivity index (χ2n) is 9.32. The van der Waals surface area contributed by atoms with Crippen LogP contribution in [-0.2, 0) is 14.3 Å². The first kappa shape index (κ1) is 17.5. The van der Waals surface area contributed by atoms with E-state index in [-0.39, 0.29) is 41.5 Å². The smallest absolute Gasteiger partial charge is 0.311 e. The molecule has 1 saturated carbocycles. The number of esters is 1. The number of allylic oxidation sites excluding steroid dienone is 1. The molecule has 7 atom stereocenters. The van der Waals surface area contributed by atoms with E-state index in [0.29, 0.717) is 5.92 Å². The molecule has 2 saturated heterocycles. The van der Waals surface area contributed by atoms with Crippen LogP contribution in [0.1, 0.15) is 53.4 Å². The molecule has 0 N–H and O–H groups in total. The van der Waals surface area contributed by atoms with Crippen LogP contribution >= 0.6 is 0 Å². The zero-order chi connectivity index (χ0) is 17.8. The summed E-state index contributed by atoms with van der Waals surface area (Å²) in [6.45, 7) is 11.6. The van der Waals surface area contributed by atoms with Crippen LogP contribution in [-0.4, -0.2) is 48.8 Å². The van der Waals surface area contributed by atoms with Gasteiger partial charge in [0, 0.05) is 25.6 Å². The van der Waals surface area contributed by atoms with E-state index in [1.165, 1.54) is 19.3 Å². The van der Waals surface area contributed by atoms with E-state index in [0.717, 1.165) is 26.1 Å². The van der Waals surface area contributed by atoms with Crippen LogP contribution in [0.3, 0.4) is 0 Å². The van der Waals surface area contributed by atoms with Gasteiger partial charge in [-0.25, -0.2) is 0 Å². The van der Waals surface area contributed by atoms with Gasteiger partial charge in [0.2, 0.25) is 0 Å². The Morgan fingerprint density at radius 3 is 2.68 bits per heavy atom. The lowest BCUT2D eigenvalue weighted by molar-refractivity contribution is -0.146. The molecular weight excluding hydrogens is 314 g/mol. The van der Waals surface area contributed by atoms with E-state index in [2.05, 4.69) is 38.7 Å². The highest BCUT2D eigenvalue weighted by Gasteiger charge is 2.52. The summed E-state index contributed by atoms with van der Waals surface area (Å²) < 4.78 is 11.7. The summed E-state index contributed by atoms with van der Waals surface area (Å²) in [5, 5.41) is 0. The molecule has 2 aliphatic heterocycles. The van der Waals surface area contributed by atoms with Gasteiger partial charge in [-0.15, -0.1) is 0 Å². The first-order valence-electron chi connectivity index (χ1n) is 10.2. The van der Waals surface area contributed by atoms with Crippen molar-refractivity contribution in [2.75, 3.05) is 19.6 Å². The summed E-state index contributed by atoms with van der Waals surface area (Å²) in [7, 11) is 0. The van der Waals surface area contributed by atoms with Crippen molar-refractivity contribution in [3.05, 3.63) is 11.6 Å². The van der Waals surface area contributed by atoms with Crippen LogP contribution in [0.25, 0.3) is 0 Å². The highest BCUT2D eigenvalue weighted by Crippen LogP contribution is 2.54. The topological polar surface area (TPSA) is 38.8 Å². The number of rotatable bonds is 2. The zero-order valence-corrected chi connectivity index (χ0v) is 16.2. The second-order valence-corrected chi connectivity index (χ2v) is 9.32. The molecule has 4 heteroatoms. The lowest BCUT2D eigenvalue weighted by Gasteiger charge is -2.46. The third kappa shape index (κ3) is 3.16. The minimum absolute atomic E-state index is 0.00586. The average molecular weight is 347 g/mol. The fourth-order valence-electron chi connectivity index (χ4n) is 5.97. The molecule has 3 unspecified atom stereocenters. The van der Waals surface area contributed by atoms with Crippen molar-refractivity contribution in [2.45, 2.75) is 71.7 Å². The van der Waals surface area contributed by atoms with Crippen LogP contribution in [0.5, 0.6) is 0 Å². The van der Waals surface area contributed by atoms with Crippen LogP contribution in [0, 0.1) is 23.2 Å². The van der Waals surface area contributed by atoms with Gasteiger partial charge in [0.05, 0.1) is 18.1 Å². The molecule has 0 bridgehead atoms. The molecule has 4 nitrogen and oxygen atoms in total. The van der Waals surface area contributed by atoms with E-state index >= 15 is 0 Å². The summed E-state index contributed by atoms with van der Waals surface area (Å²) in [5.74, 6) is 0.936. The Bertz CT molecular complexity index is 563. The zero-order valence-electron chi connectivity index (χ0n) is 16.2. The Morgan fingerprint density at radius 1 is 1.24 bits per heavy atom. The van der Waals surface area contributed by atoms with E-state index in [4.69, 9.17) is 9.47 Å². The number of morpholine rings is 1. The fraction of sp³-hybridized carbons (Fsp3) is 0.857. The van der Waals surface area contributed by atoms with E-state index in [1.807, 2.05) is 0 Å². The molecular formula is C21H33NO3. The molecule has 4 rings (SSSR count). The fourth-order valence-corrected chi connectivity index (χ4v) is 5.97. The number of carbonyl (C=O) groups is 1. The van der Waals surface area contributed by atoms with Gasteiger partial charge in [0.25, 0.3) is 0 Å². The third-order valence-electron chi connectivity index (χ3n) is 7.03. The van der Waals surface area contributed by atoms with Gasteiger partial charge in [-0.05, 0) is 44.4 Å². The number of carbonyl (C=O) groups excluding carboxylic acids is 1. The number of nitrogens with zero attached hydrogens (tertiary/aromatic N) is 1. The molecule has 4 aliphatic rings. The quantitative estimate of drug-likeness (QED) is 0.567. The molecule has 0 aromatic rings. The molecule has 0 radical (unpaired) electrons. The predicted octanol–water partition coefficient (Wildman–Crippen LogP) is 3.41. The molecule has 3 fully saturated rings. The van der Waals surface area contributed by atoms with Crippen LogP contribution in [0.4, 0.5) is 0 Å². The van der Waals surface area contributed by atoms with Crippen LogP contribution in [0.15, 0.2) is 11.6 Å². The van der Waals surface area contributed by atoms with Gasteiger partial charge in [0.15, 0.2) is 0 Å². The van der Waals surface area contributed by atoms with Gasteiger partial charge in [-0.3, -0.25) is 9.69 Å². The Morgan fingerprint density at radius 2 is 1.96 bits per heavy atom. The Kier molecular flexibility index (Phi) is 4.48. The Hall–Kier alpha value is -0.870. The Labute approximate surface area is 151 Å². The summed E-state index contributed by atoms with van der Waals surface area (Å²) in [6.07, 6.45) is 7.88. The van der Waals surface area contributed by atoms with E-state index in [1.54, 1.807) is 5.57 Å². The van der Waals surface area contributed by atoms with Gasteiger partial charge in [0.1, 0.15) is 6.10 Å². The highest BCUT2D eigenvalue weighted by atomic mass is 16.6. The van der Waals surface area contributed by atoms with Crippen molar-refractivity contribution in [1.82, 2.24) is 4.90 Å². The molecule has 2 heterocycles. The second kappa shape index (κ2) is 6.38. The lowest BCUT2D eigenvalue weighted by Crippen LogP contribution is -2.48. The summed E-state index contributed by atoms with van der Waals surface area (Å²) in [5.41, 5.74) is 1.85. The molecule has 2 aliphatic carbocycles. The minimum atomic E-state index is -0.00586. The van der Waals surface area contributed by atoms with Crippen LogP contribution in [0.2, 0.25) is 0 Å². The predicted molar refractivity (Wildman–Crippen MR) is 97.1 cm³/mol. The largest absolute Gasteiger partial charge is 0.461 e. The lowest BCUT2D eigenvalue weighted by atomic mass is 9.59. The normalized spacial score (nSPS) is 47.7. The van der Waals surface area contributed by atoms with Gasteiger partial charge in [-0.1, -0.05) is 31.9 Å². The number of hydrogen-bond acceptors (Lipinski definition) is 4. The van der Waals surface area contributed by atoms with Gasteiger partial charge in [-0.2, -0.15) is 0 Å². The SMILES string of the molecule is CC1CN(CC2C(=O)O[C@@H]3C[C@@]4(C)CCC[C@H](C)C4=C[C@H]23)CC(C)O1. The highest BCUT2D eigenvalue weighted by molar-refractivity contribution is 5.76. The van der Waals surface area contributed by atoms with Crippen LogP contribution < -0.4 is 0 Å². The molecule has 140 valence electrons. The molecule has 0 amide bonds. The van der Waals surface area contributed by atoms with Crippen molar-refractivity contribution in [3.63, 3.8) is 0 Å². The maximum absolute atomic E-state index is 12.7. The summed E-state index contributed by atoms with van der Waals surface area (Å²) >= 11 is 0. The number of ether oxygens (including phenoxy) is 2. The molecule has 0 aromatic heterocycles. The average Bonchev–Trinajstić information content (AvgIpc) is 2.79. The maximum Gasteiger partial charge on any atom is 0.311 e. The molecule has 0 aromatic carbocycles. The number of hydrogen-bond donors (Lipinski definition) is 0. The summed E-state index contributed by atoms with van der Waals surface area (Å²) in [6, 6.07) is 0. The molecule has 0 spiro atoms. The maximum atomic E-state index is 12.7. The monoisotopic (exact) mass is 347 g/mol. The third-order valence-corrected chi connectivity index (χ3v) is 7.03. The number of fused-ring (bicyclic) bond motifs is 2. The molecule has 25 heavy (non-hydrogen) atoms.